The Hall–Kier alpha value is -2.30. The average Bonchev–Trinajstić information content (AvgIpc) is 3.10. The van der Waals surface area contributed by atoms with E-state index in [-0.39, 0.29) is 11.8 Å². The summed E-state index contributed by atoms with van der Waals surface area (Å²) in [6, 6.07) is 7.98. The van der Waals surface area contributed by atoms with Crippen molar-refractivity contribution in [3.8, 4) is 5.75 Å². The molecule has 0 saturated carbocycles. The van der Waals surface area contributed by atoms with Gasteiger partial charge in [0.15, 0.2) is 0 Å². The first-order chi connectivity index (χ1) is 11.3. The molecule has 0 bridgehead atoms. The molecule has 1 atom stereocenters. The Bertz CT molecular complexity index is 723. The largest absolute Gasteiger partial charge is 0.493 e. The Balaban J connectivity index is 1.41. The molecule has 120 valence electrons. The second-order valence-corrected chi connectivity index (χ2v) is 6.34. The first-order valence-corrected chi connectivity index (χ1v) is 8.34. The monoisotopic (exact) mass is 311 g/mol. The summed E-state index contributed by atoms with van der Waals surface area (Å²) >= 11 is 0. The first kappa shape index (κ1) is 14.3. The molecule has 1 aromatic heterocycles. The predicted molar refractivity (Wildman–Crippen MR) is 86.2 cm³/mol. The molecule has 0 unspecified atom stereocenters. The van der Waals surface area contributed by atoms with Crippen LogP contribution in [-0.2, 0) is 30.6 Å². The zero-order chi connectivity index (χ0) is 15.6. The number of amides is 1. The van der Waals surface area contributed by atoms with Gasteiger partial charge in [0.1, 0.15) is 5.75 Å². The molecule has 2 heterocycles. The number of aromatic amines is 1. The summed E-state index contributed by atoms with van der Waals surface area (Å²) in [6.45, 7) is 1.11. The third-order valence-electron chi connectivity index (χ3n) is 4.86. The van der Waals surface area contributed by atoms with Crippen LogP contribution >= 0.6 is 0 Å². The minimum Gasteiger partial charge on any atom is -0.493 e. The fourth-order valence-corrected chi connectivity index (χ4v) is 3.57. The molecule has 1 aliphatic heterocycles. The summed E-state index contributed by atoms with van der Waals surface area (Å²) in [5.41, 5.74) is 4.66. The molecule has 2 aliphatic rings. The van der Waals surface area contributed by atoms with Gasteiger partial charge in [0, 0.05) is 11.6 Å². The van der Waals surface area contributed by atoms with Gasteiger partial charge in [0.05, 0.1) is 18.8 Å². The lowest BCUT2D eigenvalue weighted by molar-refractivity contribution is -0.125. The fraction of sp³-hybridized carbons (Fsp3) is 0.444. The minimum absolute atomic E-state index is 0.0364. The smallest absolute Gasteiger partial charge is 0.223 e. The Kier molecular flexibility index (Phi) is 3.77. The number of ether oxygens (including phenoxy) is 1. The van der Waals surface area contributed by atoms with Crippen LogP contribution in [0.4, 0.5) is 0 Å². The predicted octanol–water partition coefficient (Wildman–Crippen LogP) is 2.16. The maximum Gasteiger partial charge on any atom is 0.223 e. The number of aryl methyl sites for hydroxylation is 1. The SMILES string of the molecule is O=C(NCc1n[nH]c2c1CCC2)[C@H]1CCOc2ccccc2C1. The summed E-state index contributed by atoms with van der Waals surface area (Å²) in [4.78, 5) is 12.6. The summed E-state index contributed by atoms with van der Waals surface area (Å²) < 4.78 is 5.74. The molecular formula is C18H21N3O2. The van der Waals surface area contributed by atoms with Crippen LogP contribution in [0.15, 0.2) is 24.3 Å². The molecule has 5 heteroatoms. The Labute approximate surface area is 135 Å². The third-order valence-corrected chi connectivity index (χ3v) is 4.86. The normalized spacial score (nSPS) is 19.4. The molecule has 0 fully saturated rings. The highest BCUT2D eigenvalue weighted by atomic mass is 16.5. The highest BCUT2D eigenvalue weighted by Gasteiger charge is 2.24. The first-order valence-electron chi connectivity index (χ1n) is 8.34. The van der Waals surface area contributed by atoms with E-state index >= 15 is 0 Å². The van der Waals surface area contributed by atoms with Crippen LogP contribution in [0.3, 0.4) is 0 Å². The molecule has 23 heavy (non-hydrogen) atoms. The van der Waals surface area contributed by atoms with Gasteiger partial charge in [0.2, 0.25) is 5.91 Å². The molecule has 2 N–H and O–H groups in total. The summed E-state index contributed by atoms with van der Waals surface area (Å²) in [5, 5.41) is 10.5. The van der Waals surface area contributed by atoms with Crippen LogP contribution in [-0.4, -0.2) is 22.7 Å². The number of hydrogen-bond donors (Lipinski definition) is 2. The van der Waals surface area contributed by atoms with Crippen LogP contribution in [0.2, 0.25) is 0 Å². The number of fused-ring (bicyclic) bond motifs is 2. The van der Waals surface area contributed by atoms with E-state index in [0.29, 0.717) is 13.2 Å². The molecule has 0 radical (unpaired) electrons. The Morgan fingerprint density at radius 2 is 2.26 bits per heavy atom. The van der Waals surface area contributed by atoms with Crippen LogP contribution < -0.4 is 10.1 Å². The van der Waals surface area contributed by atoms with E-state index in [1.54, 1.807) is 0 Å². The minimum atomic E-state index is -0.0364. The van der Waals surface area contributed by atoms with E-state index in [2.05, 4.69) is 15.5 Å². The number of para-hydroxylation sites is 1. The topological polar surface area (TPSA) is 67.0 Å². The molecule has 0 spiro atoms. The van der Waals surface area contributed by atoms with Crippen molar-refractivity contribution in [3.63, 3.8) is 0 Å². The van der Waals surface area contributed by atoms with Crippen LogP contribution in [0.5, 0.6) is 5.75 Å². The van der Waals surface area contributed by atoms with Crippen molar-refractivity contribution < 1.29 is 9.53 Å². The number of carbonyl (C=O) groups excluding carboxylic acids is 1. The number of hydrogen-bond acceptors (Lipinski definition) is 3. The van der Waals surface area contributed by atoms with Gasteiger partial charge in [-0.2, -0.15) is 5.10 Å². The van der Waals surface area contributed by atoms with Gasteiger partial charge < -0.3 is 10.1 Å². The molecule has 0 saturated heterocycles. The van der Waals surface area contributed by atoms with Gasteiger partial charge >= 0.3 is 0 Å². The van der Waals surface area contributed by atoms with Crippen LogP contribution in [0, 0.1) is 5.92 Å². The number of rotatable bonds is 3. The van der Waals surface area contributed by atoms with E-state index in [9.17, 15) is 4.79 Å². The van der Waals surface area contributed by atoms with Crippen molar-refractivity contribution >= 4 is 5.91 Å². The average molecular weight is 311 g/mol. The van der Waals surface area contributed by atoms with Crippen LogP contribution in [0.25, 0.3) is 0 Å². The number of carbonyl (C=O) groups is 1. The van der Waals surface area contributed by atoms with Crippen molar-refractivity contribution in [1.82, 2.24) is 15.5 Å². The summed E-state index contributed by atoms with van der Waals surface area (Å²) in [7, 11) is 0. The van der Waals surface area contributed by atoms with E-state index in [0.717, 1.165) is 42.7 Å². The van der Waals surface area contributed by atoms with Crippen molar-refractivity contribution in [2.45, 2.75) is 38.6 Å². The molecule has 2 aromatic rings. The number of nitrogens with one attached hydrogen (secondary N) is 2. The quantitative estimate of drug-likeness (QED) is 0.913. The van der Waals surface area contributed by atoms with Gasteiger partial charge in [-0.1, -0.05) is 18.2 Å². The standard InChI is InChI=1S/C18H21N3O2/c22-18(19-11-16-14-5-3-6-15(14)20-21-16)13-8-9-23-17-7-2-1-4-12(17)10-13/h1-2,4,7,13H,3,5-6,8-11H2,(H,19,22)(H,20,21)/t13-/m0/s1. The molecule has 4 rings (SSSR count). The van der Waals surface area contributed by atoms with E-state index in [1.165, 1.54) is 17.7 Å². The third kappa shape index (κ3) is 2.83. The van der Waals surface area contributed by atoms with Crippen molar-refractivity contribution in [1.29, 1.82) is 0 Å². The van der Waals surface area contributed by atoms with Gasteiger partial charge in [-0.25, -0.2) is 0 Å². The van der Waals surface area contributed by atoms with Gasteiger partial charge in [-0.15, -0.1) is 0 Å². The Morgan fingerprint density at radius 3 is 3.22 bits per heavy atom. The maximum absolute atomic E-state index is 12.6. The number of aromatic nitrogens is 2. The zero-order valence-corrected chi connectivity index (χ0v) is 13.1. The van der Waals surface area contributed by atoms with E-state index in [4.69, 9.17) is 4.74 Å². The second-order valence-electron chi connectivity index (χ2n) is 6.34. The lowest BCUT2D eigenvalue weighted by atomic mass is 9.96. The van der Waals surface area contributed by atoms with Crippen molar-refractivity contribution in [3.05, 3.63) is 46.8 Å². The number of H-pyrrole nitrogens is 1. The van der Waals surface area contributed by atoms with Crippen molar-refractivity contribution in [2.75, 3.05) is 6.61 Å². The molecule has 5 nitrogen and oxygen atoms in total. The second kappa shape index (κ2) is 6.07. The number of benzene rings is 1. The van der Waals surface area contributed by atoms with Gasteiger partial charge in [0.25, 0.3) is 0 Å². The molecular weight excluding hydrogens is 290 g/mol. The fourth-order valence-electron chi connectivity index (χ4n) is 3.57. The van der Waals surface area contributed by atoms with Gasteiger partial charge in [-0.3, -0.25) is 9.89 Å². The maximum atomic E-state index is 12.6. The lowest BCUT2D eigenvalue weighted by Crippen LogP contribution is -2.32. The lowest BCUT2D eigenvalue weighted by Gasteiger charge is -2.13. The number of nitrogens with zero attached hydrogens (tertiary/aromatic N) is 1. The summed E-state index contributed by atoms with van der Waals surface area (Å²) in [6.07, 6.45) is 4.82. The molecule has 1 aliphatic carbocycles. The van der Waals surface area contributed by atoms with E-state index < -0.39 is 0 Å². The zero-order valence-electron chi connectivity index (χ0n) is 13.1. The highest BCUT2D eigenvalue weighted by molar-refractivity contribution is 5.79. The summed E-state index contributed by atoms with van der Waals surface area (Å²) in [5.74, 6) is 0.971. The van der Waals surface area contributed by atoms with E-state index in [1.807, 2.05) is 24.3 Å². The van der Waals surface area contributed by atoms with Crippen molar-refractivity contribution in [2.24, 2.45) is 5.92 Å². The highest BCUT2D eigenvalue weighted by Crippen LogP contribution is 2.27. The Morgan fingerprint density at radius 1 is 1.35 bits per heavy atom. The molecule has 1 amide bonds. The van der Waals surface area contributed by atoms with Crippen LogP contribution in [0.1, 0.15) is 35.4 Å². The van der Waals surface area contributed by atoms with Gasteiger partial charge in [-0.05, 0) is 49.3 Å². The molecule has 1 aromatic carbocycles.